The van der Waals surface area contributed by atoms with E-state index in [1.54, 1.807) is 0 Å². The van der Waals surface area contributed by atoms with E-state index in [1.165, 1.54) is 37.0 Å². The SMILES string of the molecule is O=C(NCC1CC2CCC(C1)N2)c1cccs1. The molecule has 3 heterocycles. The van der Waals surface area contributed by atoms with Crippen molar-refractivity contribution in [3.63, 3.8) is 0 Å². The first-order valence-electron chi connectivity index (χ1n) is 6.39. The van der Waals surface area contributed by atoms with Crippen LogP contribution in [0.2, 0.25) is 0 Å². The summed E-state index contributed by atoms with van der Waals surface area (Å²) in [7, 11) is 0. The highest BCUT2D eigenvalue weighted by Crippen LogP contribution is 2.30. The predicted octanol–water partition coefficient (Wildman–Crippen LogP) is 2.01. The molecule has 0 spiro atoms. The Bertz CT molecular complexity index is 378. The molecular weight excluding hydrogens is 232 g/mol. The van der Waals surface area contributed by atoms with Gasteiger partial charge < -0.3 is 10.6 Å². The second kappa shape index (κ2) is 4.78. The van der Waals surface area contributed by atoms with Gasteiger partial charge in [-0.25, -0.2) is 0 Å². The van der Waals surface area contributed by atoms with E-state index in [0.717, 1.165) is 11.4 Å². The quantitative estimate of drug-likeness (QED) is 0.861. The summed E-state index contributed by atoms with van der Waals surface area (Å²) in [4.78, 5) is 12.6. The van der Waals surface area contributed by atoms with Crippen molar-refractivity contribution in [2.24, 2.45) is 5.92 Å². The summed E-state index contributed by atoms with van der Waals surface area (Å²) in [6.45, 7) is 0.839. The van der Waals surface area contributed by atoms with Crippen LogP contribution in [0.5, 0.6) is 0 Å². The van der Waals surface area contributed by atoms with Gasteiger partial charge in [0.05, 0.1) is 4.88 Å². The van der Waals surface area contributed by atoms with Crippen molar-refractivity contribution in [3.05, 3.63) is 22.4 Å². The molecule has 0 radical (unpaired) electrons. The molecule has 0 aromatic carbocycles. The summed E-state index contributed by atoms with van der Waals surface area (Å²) >= 11 is 1.51. The Morgan fingerprint density at radius 3 is 2.82 bits per heavy atom. The van der Waals surface area contributed by atoms with E-state index in [4.69, 9.17) is 0 Å². The van der Waals surface area contributed by atoms with E-state index in [0.29, 0.717) is 18.0 Å². The molecule has 2 fully saturated rings. The lowest BCUT2D eigenvalue weighted by atomic mass is 9.92. The molecule has 2 N–H and O–H groups in total. The average Bonchev–Trinajstić information content (AvgIpc) is 2.96. The zero-order valence-electron chi connectivity index (χ0n) is 9.82. The fourth-order valence-electron chi connectivity index (χ4n) is 3.07. The van der Waals surface area contributed by atoms with Crippen molar-refractivity contribution in [2.45, 2.75) is 37.8 Å². The lowest BCUT2D eigenvalue weighted by molar-refractivity contribution is 0.0945. The van der Waals surface area contributed by atoms with Crippen LogP contribution in [0.25, 0.3) is 0 Å². The fraction of sp³-hybridized carbons (Fsp3) is 0.615. The molecule has 2 bridgehead atoms. The van der Waals surface area contributed by atoms with Crippen molar-refractivity contribution >= 4 is 17.2 Å². The summed E-state index contributed by atoms with van der Waals surface area (Å²) in [5.41, 5.74) is 0. The molecule has 92 valence electrons. The molecule has 17 heavy (non-hydrogen) atoms. The highest BCUT2D eigenvalue weighted by Gasteiger charge is 2.33. The summed E-state index contributed by atoms with van der Waals surface area (Å²) in [5.74, 6) is 0.753. The predicted molar refractivity (Wildman–Crippen MR) is 69.3 cm³/mol. The lowest BCUT2D eigenvalue weighted by Gasteiger charge is -2.29. The van der Waals surface area contributed by atoms with Crippen molar-refractivity contribution in [2.75, 3.05) is 6.54 Å². The summed E-state index contributed by atoms with van der Waals surface area (Å²) in [5, 5.41) is 8.64. The third-order valence-corrected chi connectivity index (χ3v) is 4.74. The van der Waals surface area contributed by atoms with Gasteiger partial charge in [-0.15, -0.1) is 11.3 Å². The number of rotatable bonds is 3. The highest BCUT2D eigenvalue weighted by molar-refractivity contribution is 7.12. The summed E-state index contributed by atoms with van der Waals surface area (Å²) in [6, 6.07) is 5.21. The number of thiophene rings is 1. The van der Waals surface area contributed by atoms with Gasteiger partial charge >= 0.3 is 0 Å². The maximum atomic E-state index is 11.8. The topological polar surface area (TPSA) is 41.1 Å². The van der Waals surface area contributed by atoms with Crippen LogP contribution in [0, 0.1) is 5.92 Å². The minimum atomic E-state index is 0.0888. The number of carbonyl (C=O) groups excluding carboxylic acids is 1. The smallest absolute Gasteiger partial charge is 0.261 e. The van der Waals surface area contributed by atoms with Gasteiger partial charge in [0, 0.05) is 18.6 Å². The molecule has 0 aliphatic carbocycles. The van der Waals surface area contributed by atoms with E-state index in [-0.39, 0.29) is 5.91 Å². The van der Waals surface area contributed by atoms with Crippen LogP contribution in [0.4, 0.5) is 0 Å². The summed E-state index contributed by atoms with van der Waals surface area (Å²) < 4.78 is 0. The zero-order chi connectivity index (χ0) is 11.7. The van der Waals surface area contributed by atoms with Gasteiger partial charge in [0.2, 0.25) is 0 Å². The molecule has 2 aliphatic rings. The summed E-state index contributed by atoms with van der Waals surface area (Å²) in [6.07, 6.45) is 5.09. The van der Waals surface area contributed by atoms with Crippen LogP contribution in [-0.2, 0) is 0 Å². The number of nitrogens with one attached hydrogen (secondary N) is 2. The van der Waals surface area contributed by atoms with E-state index in [2.05, 4.69) is 10.6 Å². The Labute approximate surface area is 106 Å². The molecule has 2 aliphatic heterocycles. The van der Waals surface area contributed by atoms with Crippen LogP contribution < -0.4 is 10.6 Å². The number of hydrogen-bond acceptors (Lipinski definition) is 3. The van der Waals surface area contributed by atoms with Gasteiger partial charge in [0.15, 0.2) is 0 Å². The second-order valence-corrected chi connectivity index (χ2v) is 6.11. The lowest BCUT2D eigenvalue weighted by Crippen LogP contribution is -2.42. The maximum absolute atomic E-state index is 11.8. The average molecular weight is 250 g/mol. The minimum absolute atomic E-state index is 0.0888. The third kappa shape index (κ3) is 2.53. The Morgan fingerprint density at radius 1 is 1.41 bits per heavy atom. The molecule has 2 saturated heterocycles. The van der Waals surface area contributed by atoms with Gasteiger partial charge in [-0.05, 0) is 43.0 Å². The number of carbonyl (C=O) groups is 1. The Hall–Kier alpha value is -0.870. The van der Waals surface area contributed by atoms with Crippen molar-refractivity contribution in [1.82, 2.24) is 10.6 Å². The van der Waals surface area contributed by atoms with Crippen molar-refractivity contribution in [1.29, 1.82) is 0 Å². The van der Waals surface area contributed by atoms with Gasteiger partial charge in [-0.3, -0.25) is 4.79 Å². The van der Waals surface area contributed by atoms with Gasteiger partial charge in [-0.2, -0.15) is 0 Å². The van der Waals surface area contributed by atoms with Gasteiger partial charge in [0.1, 0.15) is 0 Å². The van der Waals surface area contributed by atoms with Crippen molar-refractivity contribution < 1.29 is 4.79 Å². The number of amides is 1. The monoisotopic (exact) mass is 250 g/mol. The normalized spacial score (nSPS) is 31.4. The second-order valence-electron chi connectivity index (χ2n) is 5.16. The molecular formula is C13H18N2OS. The number of hydrogen-bond donors (Lipinski definition) is 2. The molecule has 2 atom stereocenters. The standard InChI is InChI=1S/C13H18N2OS/c16-13(12-2-1-5-17-12)14-8-9-6-10-3-4-11(7-9)15-10/h1-2,5,9-11,15H,3-4,6-8H2,(H,14,16). The highest BCUT2D eigenvalue weighted by atomic mass is 32.1. The van der Waals surface area contributed by atoms with E-state index in [1.807, 2.05) is 17.5 Å². The number of fused-ring (bicyclic) bond motifs is 2. The van der Waals surface area contributed by atoms with Crippen LogP contribution in [0.15, 0.2) is 17.5 Å². The Balaban J connectivity index is 1.50. The van der Waals surface area contributed by atoms with Crippen LogP contribution in [0.1, 0.15) is 35.4 Å². The molecule has 3 rings (SSSR count). The van der Waals surface area contributed by atoms with Crippen molar-refractivity contribution in [3.8, 4) is 0 Å². The zero-order valence-corrected chi connectivity index (χ0v) is 10.6. The first-order valence-corrected chi connectivity index (χ1v) is 7.27. The third-order valence-electron chi connectivity index (χ3n) is 3.87. The maximum Gasteiger partial charge on any atom is 0.261 e. The van der Waals surface area contributed by atoms with Gasteiger partial charge in [-0.1, -0.05) is 6.07 Å². The molecule has 3 nitrogen and oxygen atoms in total. The molecule has 4 heteroatoms. The molecule has 1 amide bonds. The van der Waals surface area contributed by atoms with Crippen LogP contribution in [-0.4, -0.2) is 24.5 Å². The number of piperidine rings is 1. The molecule has 0 saturated carbocycles. The Morgan fingerprint density at radius 2 is 2.18 bits per heavy atom. The van der Waals surface area contributed by atoms with E-state index < -0.39 is 0 Å². The van der Waals surface area contributed by atoms with Gasteiger partial charge in [0.25, 0.3) is 5.91 Å². The molecule has 1 aromatic rings. The Kier molecular flexibility index (Phi) is 3.16. The van der Waals surface area contributed by atoms with E-state index in [9.17, 15) is 4.79 Å². The molecule has 1 aromatic heterocycles. The van der Waals surface area contributed by atoms with Crippen LogP contribution in [0.3, 0.4) is 0 Å². The first kappa shape index (κ1) is 11.2. The fourth-order valence-corrected chi connectivity index (χ4v) is 3.71. The van der Waals surface area contributed by atoms with Crippen LogP contribution >= 0.6 is 11.3 Å². The molecule has 2 unspecified atom stereocenters. The minimum Gasteiger partial charge on any atom is -0.351 e. The van der Waals surface area contributed by atoms with E-state index >= 15 is 0 Å². The largest absolute Gasteiger partial charge is 0.351 e. The first-order chi connectivity index (χ1) is 8.31.